The number of ether oxygens (including phenoxy) is 3. The Morgan fingerprint density at radius 3 is 2.35 bits per heavy atom. The van der Waals surface area contributed by atoms with Gasteiger partial charge in [-0.1, -0.05) is 0 Å². The molecule has 1 aromatic rings. The highest BCUT2D eigenvalue weighted by molar-refractivity contribution is 6.02. The van der Waals surface area contributed by atoms with Crippen LogP contribution in [0.1, 0.15) is 31.1 Å². The van der Waals surface area contributed by atoms with Crippen molar-refractivity contribution >= 4 is 11.9 Å². The molecule has 6 nitrogen and oxygen atoms in total. The second-order valence-electron chi connectivity index (χ2n) is 5.80. The molecule has 1 aromatic carbocycles. The number of Topliss-reactive ketones (excluding diaryl/α,β-unsaturated/α-hetero) is 1. The van der Waals surface area contributed by atoms with E-state index in [9.17, 15) is 9.59 Å². The highest BCUT2D eigenvalue weighted by atomic mass is 16.7. The summed E-state index contributed by atoms with van der Waals surface area (Å²) in [6.45, 7) is 8.56. The number of hydrogen-bond acceptors (Lipinski definition) is 6. The molecule has 1 heterocycles. The molecule has 1 aliphatic heterocycles. The van der Waals surface area contributed by atoms with Gasteiger partial charge in [-0.15, -0.1) is 0 Å². The van der Waals surface area contributed by atoms with Crippen LogP contribution in [-0.2, 0) is 9.47 Å². The minimum Gasteiger partial charge on any atom is -0.434 e. The van der Waals surface area contributed by atoms with Crippen molar-refractivity contribution in [3.05, 3.63) is 29.8 Å². The minimum absolute atomic E-state index is 0.0297. The van der Waals surface area contributed by atoms with Crippen molar-refractivity contribution in [1.29, 1.82) is 0 Å². The van der Waals surface area contributed by atoms with Gasteiger partial charge in [-0.2, -0.15) is 0 Å². The molecule has 1 saturated heterocycles. The minimum atomic E-state index is -0.750. The van der Waals surface area contributed by atoms with Crippen LogP contribution in [0.3, 0.4) is 0 Å². The molecule has 0 unspecified atom stereocenters. The molecule has 6 heteroatoms. The lowest BCUT2D eigenvalue weighted by atomic mass is 9.91. The summed E-state index contributed by atoms with van der Waals surface area (Å²) in [6.07, 6.45) is -0.750. The standard InChI is InChI=1S/C17H23NO5/c1-4-22-16(20)23-14-7-5-13(6-8-14)15(19)17(2,3)18-9-11-21-12-10-18/h5-8H,4,9-12H2,1-3H3. The van der Waals surface area contributed by atoms with Gasteiger partial charge in [0, 0.05) is 18.7 Å². The summed E-state index contributed by atoms with van der Waals surface area (Å²) in [5, 5.41) is 0. The summed E-state index contributed by atoms with van der Waals surface area (Å²) in [5.41, 5.74) is -0.0227. The predicted molar refractivity (Wildman–Crippen MR) is 84.9 cm³/mol. The molecule has 2 rings (SSSR count). The molecule has 126 valence electrons. The largest absolute Gasteiger partial charge is 0.513 e. The Bertz CT molecular complexity index is 547. The van der Waals surface area contributed by atoms with Crippen molar-refractivity contribution in [3.63, 3.8) is 0 Å². The first-order valence-corrected chi connectivity index (χ1v) is 7.77. The zero-order valence-electron chi connectivity index (χ0n) is 13.8. The quantitative estimate of drug-likeness (QED) is 0.472. The zero-order chi connectivity index (χ0) is 16.9. The molecule has 23 heavy (non-hydrogen) atoms. The van der Waals surface area contributed by atoms with E-state index in [0.717, 1.165) is 13.1 Å². The average Bonchev–Trinajstić information content (AvgIpc) is 2.56. The fourth-order valence-corrected chi connectivity index (χ4v) is 2.54. The Morgan fingerprint density at radius 2 is 1.78 bits per heavy atom. The van der Waals surface area contributed by atoms with Crippen LogP contribution < -0.4 is 4.74 Å². The average molecular weight is 321 g/mol. The molecule has 0 atom stereocenters. The van der Waals surface area contributed by atoms with E-state index in [1.807, 2.05) is 13.8 Å². The van der Waals surface area contributed by atoms with Crippen LogP contribution in [-0.4, -0.2) is 55.3 Å². The van der Waals surface area contributed by atoms with Gasteiger partial charge in [0.1, 0.15) is 5.75 Å². The maximum atomic E-state index is 12.8. The third-order valence-electron chi connectivity index (χ3n) is 3.94. The highest BCUT2D eigenvalue weighted by Crippen LogP contribution is 2.23. The summed E-state index contributed by atoms with van der Waals surface area (Å²) < 4.78 is 15.0. The summed E-state index contributed by atoms with van der Waals surface area (Å²) in [6, 6.07) is 6.53. The number of ketones is 1. The zero-order valence-corrected chi connectivity index (χ0v) is 13.8. The number of carbonyl (C=O) groups excluding carboxylic acids is 2. The first kappa shape index (κ1) is 17.4. The van der Waals surface area contributed by atoms with Crippen LogP contribution >= 0.6 is 0 Å². The number of rotatable bonds is 5. The Morgan fingerprint density at radius 1 is 1.17 bits per heavy atom. The van der Waals surface area contributed by atoms with Crippen LogP contribution in [0.2, 0.25) is 0 Å². The SMILES string of the molecule is CCOC(=O)Oc1ccc(C(=O)C(C)(C)N2CCOCC2)cc1. The summed E-state index contributed by atoms with van der Waals surface area (Å²) in [7, 11) is 0. The molecule has 0 amide bonds. The molecule has 0 aliphatic carbocycles. The predicted octanol–water partition coefficient (Wildman–Crippen LogP) is 2.52. The number of carbonyl (C=O) groups is 2. The van der Waals surface area contributed by atoms with Gasteiger partial charge in [-0.25, -0.2) is 4.79 Å². The number of morpholine rings is 1. The molecular weight excluding hydrogens is 298 g/mol. The Labute approximate surface area is 136 Å². The second kappa shape index (κ2) is 7.57. The molecule has 1 aliphatic rings. The van der Waals surface area contributed by atoms with Crippen molar-refractivity contribution in [1.82, 2.24) is 4.90 Å². The lowest BCUT2D eigenvalue weighted by molar-refractivity contribution is -0.00429. The van der Waals surface area contributed by atoms with E-state index < -0.39 is 11.7 Å². The number of benzene rings is 1. The summed E-state index contributed by atoms with van der Waals surface area (Å²) >= 11 is 0. The number of nitrogens with zero attached hydrogens (tertiary/aromatic N) is 1. The van der Waals surface area contributed by atoms with Gasteiger partial charge in [0.15, 0.2) is 5.78 Å². The number of hydrogen-bond donors (Lipinski definition) is 0. The highest BCUT2D eigenvalue weighted by Gasteiger charge is 2.35. The Kier molecular flexibility index (Phi) is 5.74. The van der Waals surface area contributed by atoms with Crippen LogP contribution in [0.4, 0.5) is 4.79 Å². The van der Waals surface area contributed by atoms with Gasteiger partial charge in [-0.3, -0.25) is 9.69 Å². The third kappa shape index (κ3) is 4.30. The van der Waals surface area contributed by atoms with Crippen molar-refractivity contribution in [2.24, 2.45) is 0 Å². The molecule has 0 saturated carbocycles. The first-order chi connectivity index (χ1) is 10.9. The van der Waals surface area contributed by atoms with Gasteiger partial charge in [0.2, 0.25) is 0 Å². The van der Waals surface area contributed by atoms with E-state index in [1.165, 1.54) is 0 Å². The van der Waals surface area contributed by atoms with Crippen LogP contribution in [0.5, 0.6) is 5.75 Å². The van der Waals surface area contributed by atoms with Crippen molar-refractivity contribution in [2.75, 3.05) is 32.9 Å². The van der Waals surface area contributed by atoms with Crippen LogP contribution in [0, 0.1) is 0 Å². The maximum Gasteiger partial charge on any atom is 0.513 e. The summed E-state index contributed by atoms with van der Waals surface area (Å²) in [4.78, 5) is 26.2. The van der Waals surface area contributed by atoms with Crippen LogP contribution in [0.25, 0.3) is 0 Å². The topological polar surface area (TPSA) is 65.1 Å². The first-order valence-electron chi connectivity index (χ1n) is 7.77. The van der Waals surface area contributed by atoms with Gasteiger partial charge in [-0.05, 0) is 45.0 Å². The van der Waals surface area contributed by atoms with Gasteiger partial charge >= 0.3 is 6.16 Å². The van der Waals surface area contributed by atoms with Gasteiger partial charge in [0.25, 0.3) is 0 Å². The Hall–Kier alpha value is -1.92. The van der Waals surface area contributed by atoms with Gasteiger partial charge in [0.05, 0.1) is 25.4 Å². The molecule has 0 bridgehead atoms. The molecule has 0 N–H and O–H groups in total. The van der Waals surface area contributed by atoms with Crippen molar-refractivity contribution in [3.8, 4) is 5.75 Å². The Balaban J connectivity index is 2.05. The third-order valence-corrected chi connectivity index (χ3v) is 3.94. The normalized spacial score (nSPS) is 16.0. The van der Waals surface area contributed by atoms with E-state index in [-0.39, 0.29) is 12.4 Å². The monoisotopic (exact) mass is 321 g/mol. The van der Waals surface area contributed by atoms with E-state index in [2.05, 4.69) is 4.90 Å². The van der Waals surface area contributed by atoms with E-state index >= 15 is 0 Å². The van der Waals surface area contributed by atoms with Gasteiger partial charge < -0.3 is 14.2 Å². The molecule has 0 spiro atoms. The summed E-state index contributed by atoms with van der Waals surface area (Å²) in [5.74, 6) is 0.381. The van der Waals surface area contributed by atoms with Crippen molar-refractivity contribution in [2.45, 2.75) is 26.3 Å². The van der Waals surface area contributed by atoms with Crippen LogP contribution in [0.15, 0.2) is 24.3 Å². The molecule has 0 radical (unpaired) electrons. The van der Waals surface area contributed by atoms with Crippen molar-refractivity contribution < 1.29 is 23.8 Å². The lowest BCUT2D eigenvalue weighted by Crippen LogP contribution is -2.54. The van der Waals surface area contributed by atoms with E-state index in [4.69, 9.17) is 14.2 Å². The molecule has 1 fully saturated rings. The maximum absolute atomic E-state index is 12.8. The van der Waals surface area contributed by atoms with E-state index in [0.29, 0.717) is 24.5 Å². The fourth-order valence-electron chi connectivity index (χ4n) is 2.54. The smallest absolute Gasteiger partial charge is 0.434 e. The fraction of sp³-hybridized carbons (Fsp3) is 0.529. The second-order valence-corrected chi connectivity index (χ2v) is 5.80. The molecule has 0 aromatic heterocycles. The van der Waals surface area contributed by atoms with E-state index in [1.54, 1.807) is 31.2 Å². The molecular formula is C17H23NO5. The lowest BCUT2D eigenvalue weighted by Gasteiger charge is -2.39.